The van der Waals surface area contributed by atoms with Gasteiger partial charge in [-0.15, -0.1) is 0 Å². The van der Waals surface area contributed by atoms with Crippen LogP contribution in [0.3, 0.4) is 0 Å². The number of carbonyl (C=O) groups is 2. The van der Waals surface area contributed by atoms with Gasteiger partial charge in [0.2, 0.25) is 21.8 Å². The van der Waals surface area contributed by atoms with Crippen LogP contribution >= 0.6 is 11.6 Å². The number of nitrogens with one attached hydrogen (secondary N) is 1. The molecule has 1 atom stereocenters. The highest BCUT2D eigenvalue weighted by Crippen LogP contribution is 2.32. The maximum atomic E-state index is 13.7. The Morgan fingerprint density at radius 2 is 1.64 bits per heavy atom. The average molecular weight is 624 g/mol. The zero-order valence-electron chi connectivity index (χ0n) is 23.3. The van der Waals surface area contributed by atoms with Crippen LogP contribution in [0.25, 0.3) is 0 Å². The fraction of sp³-hybridized carbons (Fsp3) is 0.333. The van der Waals surface area contributed by atoms with Crippen LogP contribution in [0, 0.1) is 0 Å². The van der Waals surface area contributed by atoms with E-state index in [0.717, 1.165) is 34.3 Å². The molecule has 1 unspecified atom stereocenters. The first-order valence-corrected chi connectivity index (χ1v) is 15.5. The van der Waals surface area contributed by atoms with Crippen molar-refractivity contribution in [2.24, 2.45) is 0 Å². The summed E-state index contributed by atoms with van der Waals surface area (Å²) in [6.07, 6.45) is -3.71. The number of halogens is 4. The molecule has 42 heavy (non-hydrogen) atoms. The van der Waals surface area contributed by atoms with Crippen LogP contribution in [-0.2, 0) is 38.8 Å². The molecule has 0 aromatic heterocycles. The molecule has 3 aromatic carbocycles. The molecule has 0 aliphatic heterocycles. The summed E-state index contributed by atoms with van der Waals surface area (Å²) in [4.78, 5) is 28.4. The van der Waals surface area contributed by atoms with E-state index in [1.807, 2.05) is 30.3 Å². The number of alkyl halides is 3. The van der Waals surface area contributed by atoms with E-state index in [9.17, 15) is 31.2 Å². The van der Waals surface area contributed by atoms with Crippen LogP contribution in [0.1, 0.15) is 36.5 Å². The Morgan fingerprint density at radius 3 is 2.26 bits per heavy atom. The Kier molecular flexibility index (Phi) is 11.4. The van der Waals surface area contributed by atoms with Gasteiger partial charge < -0.3 is 10.2 Å². The molecule has 7 nitrogen and oxygen atoms in total. The maximum absolute atomic E-state index is 13.7. The third-order valence-electron chi connectivity index (χ3n) is 6.53. The summed E-state index contributed by atoms with van der Waals surface area (Å²) in [5.41, 5.74) is 0.313. The van der Waals surface area contributed by atoms with E-state index in [0.29, 0.717) is 17.1 Å². The van der Waals surface area contributed by atoms with Crippen LogP contribution in [-0.4, -0.2) is 50.5 Å². The molecule has 3 aromatic rings. The van der Waals surface area contributed by atoms with Gasteiger partial charge in [0, 0.05) is 37.5 Å². The van der Waals surface area contributed by atoms with Crippen molar-refractivity contribution in [2.45, 2.75) is 44.9 Å². The summed E-state index contributed by atoms with van der Waals surface area (Å²) < 4.78 is 65.7. The molecule has 0 heterocycles. The number of sulfonamides is 1. The van der Waals surface area contributed by atoms with E-state index >= 15 is 0 Å². The maximum Gasteiger partial charge on any atom is 0.416 e. The van der Waals surface area contributed by atoms with Gasteiger partial charge in [-0.2, -0.15) is 13.2 Å². The Morgan fingerprint density at radius 1 is 0.976 bits per heavy atom. The number of hydrogen-bond acceptors (Lipinski definition) is 4. The van der Waals surface area contributed by atoms with Crippen molar-refractivity contribution in [1.29, 1.82) is 0 Å². The van der Waals surface area contributed by atoms with Gasteiger partial charge in [-0.1, -0.05) is 66.2 Å². The smallest absolute Gasteiger partial charge is 0.355 e. The molecule has 2 amide bonds. The lowest BCUT2D eigenvalue weighted by Gasteiger charge is -2.32. The second kappa shape index (κ2) is 14.6. The average Bonchev–Trinajstić information content (AvgIpc) is 2.93. The molecule has 0 aliphatic rings. The lowest BCUT2D eigenvalue weighted by molar-refractivity contribution is -0.141. The minimum atomic E-state index is -4.65. The first kappa shape index (κ1) is 32.9. The third kappa shape index (κ3) is 9.22. The zero-order chi connectivity index (χ0) is 30.9. The Labute approximate surface area is 249 Å². The van der Waals surface area contributed by atoms with Gasteiger partial charge in [0.05, 0.1) is 17.5 Å². The Balaban J connectivity index is 1.88. The van der Waals surface area contributed by atoms with E-state index < -0.39 is 33.7 Å². The topological polar surface area (TPSA) is 86.8 Å². The summed E-state index contributed by atoms with van der Waals surface area (Å²) in [5, 5.41) is 3.20. The third-order valence-corrected chi connectivity index (χ3v) is 8.10. The summed E-state index contributed by atoms with van der Waals surface area (Å²) in [7, 11) is -3.97. The zero-order valence-corrected chi connectivity index (χ0v) is 24.8. The second-order valence-corrected chi connectivity index (χ2v) is 12.0. The first-order valence-electron chi connectivity index (χ1n) is 13.3. The molecular weight excluding hydrogens is 591 g/mol. The standard InChI is InChI=1S/C30H33ClF3N3O4S/c1-3-35-29(39)27(19-22-11-5-4-6-12-22)36(21-23-13-7-8-16-26(23)31)28(38)17-10-18-37(42(2,40)41)25-15-9-14-24(20-25)30(32,33)34/h4-9,11-16,20,27H,3,10,17-19,21H2,1-2H3,(H,35,39). The van der Waals surface area contributed by atoms with Crippen LogP contribution in [0.15, 0.2) is 78.9 Å². The molecule has 12 heteroatoms. The van der Waals surface area contributed by atoms with E-state index in [1.54, 1.807) is 31.2 Å². The molecule has 226 valence electrons. The van der Waals surface area contributed by atoms with Crippen molar-refractivity contribution in [1.82, 2.24) is 10.2 Å². The van der Waals surface area contributed by atoms with E-state index in [-0.39, 0.29) is 43.9 Å². The van der Waals surface area contributed by atoms with Crippen molar-refractivity contribution in [3.8, 4) is 0 Å². The minimum Gasteiger partial charge on any atom is -0.355 e. The van der Waals surface area contributed by atoms with Gasteiger partial charge in [-0.3, -0.25) is 13.9 Å². The van der Waals surface area contributed by atoms with Gasteiger partial charge in [-0.05, 0) is 48.7 Å². The summed E-state index contributed by atoms with van der Waals surface area (Å²) in [5.74, 6) is -0.789. The van der Waals surface area contributed by atoms with Gasteiger partial charge in [-0.25, -0.2) is 8.42 Å². The molecule has 0 bridgehead atoms. The summed E-state index contributed by atoms with van der Waals surface area (Å²) >= 11 is 6.40. The van der Waals surface area contributed by atoms with E-state index in [1.165, 1.54) is 11.0 Å². The molecule has 0 saturated heterocycles. The van der Waals surface area contributed by atoms with Crippen LogP contribution in [0.5, 0.6) is 0 Å². The number of likely N-dealkylation sites (N-methyl/N-ethyl adjacent to an activating group) is 1. The predicted octanol–water partition coefficient (Wildman–Crippen LogP) is 5.68. The molecule has 0 spiro atoms. The summed E-state index contributed by atoms with van der Waals surface area (Å²) in [6.45, 7) is 1.90. The molecular formula is C30H33ClF3N3O4S. The van der Waals surface area contributed by atoms with Gasteiger partial charge in [0.15, 0.2) is 0 Å². The fourth-order valence-electron chi connectivity index (χ4n) is 4.50. The molecule has 0 fully saturated rings. The number of carbonyl (C=O) groups excluding carboxylic acids is 2. The molecule has 3 rings (SSSR count). The highest BCUT2D eigenvalue weighted by molar-refractivity contribution is 7.92. The van der Waals surface area contributed by atoms with Crippen LogP contribution < -0.4 is 9.62 Å². The largest absolute Gasteiger partial charge is 0.416 e. The van der Waals surface area contributed by atoms with Gasteiger partial charge >= 0.3 is 6.18 Å². The summed E-state index contributed by atoms with van der Waals surface area (Å²) in [6, 6.07) is 19.3. The SMILES string of the molecule is CCNC(=O)C(Cc1ccccc1)N(Cc1ccccc1Cl)C(=O)CCCN(c1cccc(C(F)(F)F)c1)S(C)(=O)=O. The molecule has 0 radical (unpaired) electrons. The van der Waals surface area contributed by atoms with Crippen molar-refractivity contribution in [3.63, 3.8) is 0 Å². The van der Waals surface area contributed by atoms with Crippen molar-refractivity contribution in [3.05, 3.63) is 101 Å². The molecule has 0 aliphatic carbocycles. The van der Waals surface area contributed by atoms with Crippen molar-refractivity contribution >= 4 is 39.1 Å². The number of nitrogens with zero attached hydrogens (tertiary/aromatic N) is 2. The fourth-order valence-corrected chi connectivity index (χ4v) is 5.65. The monoisotopic (exact) mass is 623 g/mol. The Hall–Kier alpha value is -3.57. The lowest BCUT2D eigenvalue weighted by Crippen LogP contribution is -2.50. The highest BCUT2D eigenvalue weighted by Gasteiger charge is 2.33. The number of anilines is 1. The van der Waals surface area contributed by atoms with E-state index in [4.69, 9.17) is 11.6 Å². The number of benzene rings is 3. The van der Waals surface area contributed by atoms with E-state index in [2.05, 4.69) is 5.32 Å². The van der Waals surface area contributed by atoms with Crippen molar-refractivity contribution in [2.75, 3.05) is 23.7 Å². The molecule has 1 N–H and O–H groups in total. The van der Waals surface area contributed by atoms with Gasteiger partial charge in [0.25, 0.3) is 0 Å². The Bertz CT molecular complexity index is 1470. The van der Waals surface area contributed by atoms with Gasteiger partial charge in [0.1, 0.15) is 6.04 Å². The number of amides is 2. The van der Waals surface area contributed by atoms with Crippen LogP contribution in [0.4, 0.5) is 18.9 Å². The highest BCUT2D eigenvalue weighted by atomic mass is 35.5. The number of rotatable bonds is 13. The lowest BCUT2D eigenvalue weighted by atomic mass is 10.0. The van der Waals surface area contributed by atoms with Crippen molar-refractivity contribution < 1.29 is 31.2 Å². The normalized spacial score (nSPS) is 12.4. The molecule has 0 saturated carbocycles. The quantitative estimate of drug-likeness (QED) is 0.265. The second-order valence-electron chi connectivity index (χ2n) is 9.70. The first-order chi connectivity index (χ1) is 19.8. The number of hydrogen-bond donors (Lipinski definition) is 1. The predicted molar refractivity (Wildman–Crippen MR) is 157 cm³/mol. The van der Waals surface area contributed by atoms with Crippen LogP contribution in [0.2, 0.25) is 5.02 Å². The minimum absolute atomic E-state index is 0.00533.